The maximum Gasteiger partial charge on any atom is 0.252 e. The average molecular weight is 387 g/mol. The van der Waals surface area contributed by atoms with Crippen molar-refractivity contribution < 1.29 is 13.2 Å². The lowest BCUT2D eigenvalue weighted by Crippen LogP contribution is -2.44. The molecule has 3 N–H and O–H groups in total. The van der Waals surface area contributed by atoms with Crippen molar-refractivity contribution in [2.24, 2.45) is 4.99 Å². The topological polar surface area (TPSA) is 99.7 Å². The van der Waals surface area contributed by atoms with Crippen LogP contribution in [0.15, 0.2) is 29.3 Å². The zero-order valence-corrected chi connectivity index (χ0v) is 15.7. The molecule has 0 spiro atoms. The summed E-state index contributed by atoms with van der Waals surface area (Å²) in [7, 11) is -2.94. The number of halogens is 1. The van der Waals surface area contributed by atoms with Gasteiger partial charge in [0, 0.05) is 19.1 Å². The van der Waals surface area contributed by atoms with E-state index in [0.29, 0.717) is 42.6 Å². The molecule has 0 radical (unpaired) electrons. The molecule has 138 valence electrons. The number of guanidine groups is 1. The molecular weight excluding hydrogens is 364 g/mol. The second-order valence-electron chi connectivity index (χ2n) is 5.74. The number of rotatable bonds is 6. The number of sulfone groups is 1. The third kappa shape index (κ3) is 6.21. The standard InChI is InChI=1S/C16H23ClN4O3S/c1-2-18-16(21-12-7-10-25(23,24)11-12)20-9-8-19-15(22)13-5-3-4-6-14(13)17/h3-6,12H,2,7-11H2,1H3,(H,19,22)(H2,18,20,21). The molecule has 1 atom stereocenters. The largest absolute Gasteiger partial charge is 0.357 e. The molecule has 1 aliphatic heterocycles. The minimum absolute atomic E-state index is 0.125. The Morgan fingerprint density at radius 3 is 2.72 bits per heavy atom. The van der Waals surface area contributed by atoms with Gasteiger partial charge in [0.2, 0.25) is 0 Å². The maximum absolute atomic E-state index is 12.0. The molecule has 9 heteroatoms. The normalized spacial score (nSPS) is 19.4. The molecule has 1 aromatic carbocycles. The Kier molecular flexibility index (Phi) is 7.07. The van der Waals surface area contributed by atoms with Gasteiger partial charge in [0.15, 0.2) is 15.8 Å². The van der Waals surface area contributed by atoms with Crippen molar-refractivity contribution in [3.63, 3.8) is 0 Å². The van der Waals surface area contributed by atoms with Crippen molar-refractivity contribution in [1.29, 1.82) is 0 Å². The quantitative estimate of drug-likeness (QED) is 0.381. The third-order valence-corrected chi connectivity index (χ3v) is 5.80. The minimum atomic E-state index is -2.94. The van der Waals surface area contributed by atoms with Crippen LogP contribution < -0.4 is 16.0 Å². The maximum atomic E-state index is 12.0. The van der Waals surface area contributed by atoms with Crippen LogP contribution in [0, 0.1) is 0 Å². The first-order valence-electron chi connectivity index (χ1n) is 8.19. The average Bonchev–Trinajstić information content (AvgIpc) is 2.90. The molecule has 7 nitrogen and oxygen atoms in total. The van der Waals surface area contributed by atoms with Crippen LogP contribution in [-0.2, 0) is 9.84 Å². The van der Waals surface area contributed by atoms with Crippen LogP contribution >= 0.6 is 11.6 Å². The van der Waals surface area contributed by atoms with E-state index in [1.54, 1.807) is 24.3 Å². The summed E-state index contributed by atoms with van der Waals surface area (Å²) in [5.74, 6) is 0.635. The van der Waals surface area contributed by atoms with E-state index >= 15 is 0 Å². The van der Waals surface area contributed by atoms with E-state index in [9.17, 15) is 13.2 Å². The van der Waals surface area contributed by atoms with Crippen molar-refractivity contribution >= 4 is 33.3 Å². The van der Waals surface area contributed by atoms with Gasteiger partial charge in [0.05, 0.1) is 28.6 Å². The number of hydrogen-bond donors (Lipinski definition) is 3. The van der Waals surface area contributed by atoms with Gasteiger partial charge in [0.25, 0.3) is 5.91 Å². The van der Waals surface area contributed by atoms with Crippen molar-refractivity contribution in [1.82, 2.24) is 16.0 Å². The molecule has 0 aromatic heterocycles. The van der Waals surface area contributed by atoms with Gasteiger partial charge in [-0.1, -0.05) is 23.7 Å². The van der Waals surface area contributed by atoms with Gasteiger partial charge in [-0.25, -0.2) is 8.42 Å². The molecule has 0 saturated carbocycles. The number of carbonyl (C=O) groups excluding carboxylic acids is 1. The SMILES string of the molecule is CCNC(=NCCNC(=O)c1ccccc1Cl)NC1CCS(=O)(=O)C1. The van der Waals surface area contributed by atoms with Crippen LogP contribution in [0.5, 0.6) is 0 Å². The van der Waals surface area contributed by atoms with Gasteiger partial charge >= 0.3 is 0 Å². The summed E-state index contributed by atoms with van der Waals surface area (Å²) in [6, 6.07) is 6.72. The lowest BCUT2D eigenvalue weighted by molar-refractivity contribution is 0.0955. The number of aliphatic imine (C=N–C) groups is 1. The number of carbonyl (C=O) groups is 1. The van der Waals surface area contributed by atoms with E-state index in [1.807, 2.05) is 6.92 Å². The van der Waals surface area contributed by atoms with Gasteiger partial charge in [-0.3, -0.25) is 9.79 Å². The van der Waals surface area contributed by atoms with E-state index in [2.05, 4.69) is 20.9 Å². The first-order chi connectivity index (χ1) is 11.9. The molecule has 2 rings (SSSR count). The summed E-state index contributed by atoms with van der Waals surface area (Å²) >= 11 is 5.98. The lowest BCUT2D eigenvalue weighted by atomic mass is 10.2. The van der Waals surface area contributed by atoms with Gasteiger partial charge in [-0.15, -0.1) is 0 Å². The molecule has 1 amide bonds. The fourth-order valence-corrected chi connectivity index (χ4v) is 4.39. The van der Waals surface area contributed by atoms with Crippen LogP contribution in [0.1, 0.15) is 23.7 Å². The number of nitrogens with zero attached hydrogens (tertiary/aromatic N) is 1. The summed E-state index contributed by atoms with van der Waals surface area (Å²) in [6.07, 6.45) is 0.579. The van der Waals surface area contributed by atoms with Crippen LogP contribution in [0.25, 0.3) is 0 Å². The van der Waals surface area contributed by atoms with Gasteiger partial charge in [0.1, 0.15) is 0 Å². The van der Waals surface area contributed by atoms with Gasteiger partial charge < -0.3 is 16.0 Å². The third-order valence-electron chi connectivity index (χ3n) is 3.70. The molecule has 1 heterocycles. The van der Waals surface area contributed by atoms with Crippen molar-refractivity contribution in [3.05, 3.63) is 34.9 Å². The highest BCUT2D eigenvalue weighted by molar-refractivity contribution is 7.91. The zero-order valence-electron chi connectivity index (χ0n) is 14.1. The second kappa shape index (κ2) is 9.05. The predicted molar refractivity (Wildman–Crippen MR) is 100.0 cm³/mol. The fourth-order valence-electron chi connectivity index (χ4n) is 2.50. The van der Waals surface area contributed by atoms with E-state index in [1.165, 1.54) is 0 Å². The van der Waals surface area contributed by atoms with Crippen molar-refractivity contribution in [3.8, 4) is 0 Å². The monoisotopic (exact) mass is 386 g/mol. The van der Waals surface area contributed by atoms with E-state index in [4.69, 9.17) is 11.6 Å². The van der Waals surface area contributed by atoms with E-state index < -0.39 is 9.84 Å². The molecule has 1 fully saturated rings. The molecule has 1 aromatic rings. The van der Waals surface area contributed by atoms with Gasteiger partial charge in [-0.2, -0.15) is 0 Å². The molecule has 0 aliphatic carbocycles. The Balaban J connectivity index is 1.83. The number of amides is 1. The van der Waals surface area contributed by atoms with Crippen LogP contribution in [0.4, 0.5) is 0 Å². The molecule has 1 unspecified atom stereocenters. The highest BCUT2D eigenvalue weighted by atomic mass is 35.5. The first-order valence-corrected chi connectivity index (χ1v) is 10.4. The Bertz CT molecular complexity index is 737. The summed E-state index contributed by atoms with van der Waals surface area (Å²) in [5, 5.41) is 9.37. The smallest absolute Gasteiger partial charge is 0.252 e. The van der Waals surface area contributed by atoms with E-state index in [-0.39, 0.29) is 23.5 Å². The van der Waals surface area contributed by atoms with E-state index in [0.717, 1.165) is 0 Å². The van der Waals surface area contributed by atoms with Crippen LogP contribution in [0.2, 0.25) is 5.02 Å². The predicted octanol–water partition coefficient (Wildman–Crippen LogP) is 0.812. The Morgan fingerprint density at radius 1 is 1.32 bits per heavy atom. The van der Waals surface area contributed by atoms with Crippen LogP contribution in [0.3, 0.4) is 0 Å². The fraction of sp³-hybridized carbons (Fsp3) is 0.500. The molecular formula is C16H23ClN4O3S. The number of benzene rings is 1. The van der Waals surface area contributed by atoms with Crippen LogP contribution in [-0.4, -0.2) is 57.5 Å². The Labute approximate surface area is 153 Å². The van der Waals surface area contributed by atoms with Crippen molar-refractivity contribution in [2.45, 2.75) is 19.4 Å². The molecule has 25 heavy (non-hydrogen) atoms. The summed E-state index contributed by atoms with van der Waals surface area (Å²) in [6.45, 7) is 3.31. The first kappa shape index (κ1) is 19.5. The number of hydrogen-bond acceptors (Lipinski definition) is 4. The second-order valence-corrected chi connectivity index (χ2v) is 8.38. The molecule has 1 saturated heterocycles. The number of nitrogens with one attached hydrogen (secondary N) is 3. The lowest BCUT2D eigenvalue weighted by Gasteiger charge is -2.15. The Morgan fingerprint density at radius 2 is 2.08 bits per heavy atom. The summed E-state index contributed by atoms with van der Waals surface area (Å²) < 4.78 is 23.0. The molecule has 1 aliphatic rings. The summed E-state index contributed by atoms with van der Waals surface area (Å²) in [4.78, 5) is 16.4. The summed E-state index contributed by atoms with van der Waals surface area (Å²) in [5.41, 5.74) is 0.425. The Hall–Kier alpha value is -1.80. The van der Waals surface area contributed by atoms with Crippen molar-refractivity contribution in [2.75, 3.05) is 31.1 Å². The highest BCUT2D eigenvalue weighted by Crippen LogP contribution is 2.14. The minimum Gasteiger partial charge on any atom is -0.357 e. The zero-order chi connectivity index (χ0) is 18.3. The molecule has 0 bridgehead atoms. The highest BCUT2D eigenvalue weighted by Gasteiger charge is 2.28. The van der Waals surface area contributed by atoms with Gasteiger partial charge in [-0.05, 0) is 25.5 Å².